The van der Waals surface area contributed by atoms with Crippen LogP contribution in [0.4, 0.5) is 8.78 Å². The van der Waals surface area contributed by atoms with Gasteiger partial charge in [-0.1, -0.05) is 8.93 Å². The van der Waals surface area contributed by atoms with Crippen LogP contribution < -0.4 is 5.73 Å². The molecule has 0 spiro atoms. The van der Waals surface area contributed by atoms with Crippen molar-refractivity contribution in [2.75, 3.05) is 5.88 Å². The SMILES string of the molecule is NC(=O)C1CCC(C(F)F)N1CSI. The molecular formula is C7H11F2IN2OS. The summed E-state index contributed by atoms with van der Waals surface area (Å²) in [5, 5.41) is 0. The first-order valence-corrected chi connectivity index (χ1v) is 7.67. The molecule has 0 aromatic carbocycles. The number of halogens is 3. The second kappa shape index (κ2) is 5.45. The number of nitrogens with zero attached hydrogens (tertiary/aromatic N) is 1. The first-order valence-electron chi connectivity index (χ1n) is 4.14. The molecule has 2 N–H and O–H groups in total. The van der Waals surface area contributed by atoms with E-state index < -0.39 is 24.4 Å². The number of alkyl halides is 2. The van der Waals surface area contributed by atoms with E-state index in [0.717, 1.165) is 0 Å². The van der Waals surface area contributed by atoms with Crippen LogP contribution in [0.25, 0.3) is 0 Å². The lowest BCUT2D eigenvalue weighted by Crippen LogP contribution is -2.45. The summed E-state index contributed by atoms with van der Waals surface area (Å²) in [6.45, 7) is 0. The molecule has 0 aromatic heterocycles. The normalized spacial score (nSPS) is 28.6. The summed E-state index contributed by atoms with van der Waals surface area (Å²) in [6.07, 6.45) is -1.60. The largest absolute Gasteiger partial charge is 0.368 e. The van der Waals surface area contributed by atoms with E-state index in [1.54, 1.807) is 0 Å². The molecule has 1 amide bonds. The number of nitrogens with two attached hydrogens (primary N) is 1. The van der Waals surface area contributed by atoms with E-state index in [1.165, 1.54) is 13.8 Å². The first kappa shape index (κ1) is 12.4. The Balaban J connectivity index is 2.68. The molecule has 1 aliphatic rings. The number of hydrogen-bond acceptors (Lipinski definition) is 3. The molecule has 0 saturated carbocycles. The van der Waals surface area contributed by atoms with Gasteiger partial charge in [-0.25, -0.2) is 8.78 Å². The predicted octanol–water partition coefficient (Wildman–Crippen LogP) is 1.61. The van der Waals surface area contributed by atoms with Gasteiger partial charge in [0.25, 0.3) is 6.43 Å². The number of rotatable bonds is 4. The van der Waals surface area contributed by atoms with Gasteiger partial charge in [0.1, 0.15) is 0 Å². The van der Waals surface area contributed by atoms with Crippen LogP contribution in [-0.2, 0) is 4.79 Å². The molecule has 0 radical (unpaired) electrons. The van der Waals surface area contributed by atoms with Crippen LogP contribution in [0.3, 0.4) is 0 Å². The minimum absolute atomic E-state index is 0.350. The quantitative estimate of drug-likeness (QED) is 0.794. The van der Waals surface area contributed by atoms with Gasteiger partial charge in [-0.05, 0) is 34.0 Å². The maximum absolute atomic E-state index is 12.5. The number of amides is 1. The Bertz CT molecular complexity index is 220. The highest BCUT2D eigenvalue weighted by atomic mass is 127. The number of hydrogen-bond donors (Lipinski definition) is 1. The average Bonchev–Trinajstić information content (AvgIpc) is 2.48. The lowest BCUT2D eigenvalue weighted by molar-refractivity contribution is -0.122. The maximum Gasteiger partial charge on any atom is 0.253 e. The van der Waals surface area contributed by atoms with Gasteiger partial charge in [0.05, 0.1) is 18.0 Å². The van der Waals surface area contributed by atoms with E-state index in [2.05, 4.69) is 0 Å². The van der Waals surface area contributed by atoms with Crippen molar-refractivity contribution < 1.29 is 13.6 Å². The highest BCUT2D eigenvalue weighted by Gasteiger charge is 2.40. The molecule has 3 nitrogen and oxygen atoms in total. The zero-order valence-electron chi connectivity index (χ0n) is 7.33. The minimum atomic E-state index is -2.40. The lowest BCUT2D eigenvalue weighted by Gasteiger charge is -2.26. The molecule has 0 aliphatic carbocycles. The zero-order chi connectivity index (χ0) is 10.7. The Kier molecular flexibility index (Phi) is 4.84. The molecular weight excluding hydrogens is 325 g/mol. The molecule has 0 aromatic rings. The Hall–Kier alpha value is 0.370. The molecule has 7 heteroatoms. The fraction of sp³-hybridized carbons (Fsp3) is 0.857. The standard InChI is InChI=1S/C7H11F2IN2OS/c8-6(9)4-1-2-5(7(11)13)12(4)3-14-10/h4-6H,1-3H2,(H2,11,13). The summed E-state index contributed by atoms with van der Waals surface area (Å²) in [7, 11) is 1.40. The van der Waals surface area contributed by atoms with Gasteiger partial charge in [-0.15, -0.1) is 0 Å². The maximum atomic E-state index is 12.5. The topological polar surface area (TPSA) is 46.3 Å². The predicted molar refractivity (Wildman–Crippen MR) is 60.3 cm³/mol. The van der Waals surface area contributed by atoms with Gasteiger partial charge in [-0.2, -0.15) is 0 Å². The van der Waals surface area contributed by atoms with Gasteiger partial charge in [-0.3, -0.25) is 9.69 Å². The van der Waals surface area contributed by atoms with Gasteiger partial charge < -0.3 is 5.73 Å². The van der Waals surface area contributed by atoms with Crippen molar-refractivity contribution in [2.45, 2.75) is 31.4 Å². The number of likely N-dealkylation sites (tertiary alicyclic amines) is 1. The van der Waals surface area contributed by atoms with E-state index in [1.807, 2.05) is 21.2 Å². The second-order valence-corrected chi connectivity index (χ2v) is 5.49. The summed E-state index contributed by atoms with van der Waals surface area (Å²) >= 11 is 2.02. The van der Waals surface area contributed by atoms with Crippen molar-refractivity contribution in [3.63, 3.8) is 0 Å². The molecule has 0 bridgehead atoms. The Morgan fingerprint density at radius 3 is 2.71 bits per heavy atom. The third-order valence-electron chi connectivity index (χ3n) is 2.38. The van der Waals surface area contributed by atoms with Crippen LogP contribution in [0.15, 0.2) is 0 Å². The second-order valence-electron chi connectivity index (χ2n) is 3.15. The van der Waals surface area contributed by atoms with Crippen LogP contribution in [-0.4, -0.2) is 35.2 Å². The number of primary amides is 1. The van der Waals surface area contributed by atoms with Crippen LogP contribution in [0, 0.1) is 0 Å². The summed E-state index contributed by atoms with van der Waals surface area (Å²) in [5.41, 5.74) is 5.14. The Morgan fingerprint density at radius 1 is 1.64 bits per heavy atom. The lowest BCUT2D eigenvalue weighted by atomic mass is 10.2. The summed E-state index contributed by atoms with van der Waals surface area (Å²) in [5.74, 6) is -0.0815. The van der Waals surface area contributed by atoms with E-state index >= 15 is 0 Å². The fourth-order valence-corrected chi connectivity index (χ4v) is 3.16. The van der Waals surface area contributed by atoms with E-state index in [0.29, 0.717) is 18.7 Å². The monoisotopic (exact) mass is 336 g/mol. The van der Waals surface area contributed by atoms with Crippen LogP contribution in [0.5, 0.6) is 0 Å². The van der Waals surface area contributed by atoms with E-state index in [4.69, 9.17) is 5.73 Å². The van der Waals surface area contributed by atoms with Crippen molar-refractivity contribution in [1.29, 1.82) is 0 Å². The van der Waals surface area contributed by atoms with E-state index in [-0.39, 0.29) is 0 Å². The fourth-order valence-electron chi connectivity index (χ4n) is 1.71. The minimum Gasteiger partial charge on any atom is -0.368 e. The number of carbonyl (C=O) groups excluding carboxylic acids is 1. The molecule has 1 heterocycles. The third-order valence-corrected chi connectivity index (χ3v) is 3.61. The summed E-state index contributed by atoms with van der Waals surface area (Å²) in [6, 6.07) is -1.33. The van der Waals surface area contributed by atoms with Crippen LogP contribution in [0.1, 0.15) is 12.8 Å². The molecule has 2 atom stereocenters. The molecule has 2 unspecified atom stereocenters. The van der Waals surface area contributed by atoms with E-state index in [9.17, 15) is 13.6 Å². The van der Waals surface area contributed by atoms with Crippen LogP contribution in [0.2, 0.25) is 0 Å². The molecule has 1 aliphatic heterocycles. The summed E-state index contributed by atoms with van der Waals surface area (Å²) < 4.78 is 25.1. The van der Waals surface area contributed by atoms with Crippen molar-refractivity contribution in [3.05, 3.63) is 0 Å². The Labute approximate surface area is 97.3 Å². The molecule has 82 valence electrons. The average molecular weight is 336 g/mol. The summed E-state index contributed by atoms with van der Waals surface area (Å²) in [4.78, 5) is 12.5. The van der Waals surface area contributed by atoms with Gasteiger partial charge >= 0.3 is 0 Å². The van der Waals surface area contributed by atoms with Gasteiger partial charge in [0, 0.05) is 0 Å². The molecule has 14 heavy (non-hydrogen) atoms. The van der Waals surface area contributed by atoms with Crippen LogP contribution >= 0.6 is 30.1 Å². The van der Waals surface area contributed by atoms with Crippen molar-refractivity contribution in [2.24, 2.45) is 5.73 Å². The van der Waals surface area contributed by atoms with Crippen molar-refractivity contribution >= 4 is 36.0 Å². The van der Waals surface area contributed by atoms with Gasteiger partial charge in [0.2, 0.25) is 5.91 Å². The zero-order valence-corrected chi connectivity index (χ0v) is 10.3. The van der Waals surface area contributed by atoms with Crippen molar-refractivity contribution in [1.82, 2.24) is 4.90 Å². The molecule has 1 fully saturated rings. The highest BCUT2D eigenvalue weighted by molar-refractivity contribution is 14.2. The highest BCUT2D eigenvalue weighted by Crippen LogP contribution is 2.31. The Morgan fingerprint density at radius 2 is 2.29 bits per heavy atom. The molecule has 1 rings (SSSR count). The van der Waals surface area contributed by atoms with Crippen molar-refractivity contribution in [3.8, 4) is 0 Å². The van der Waals surface area contributed by atoms with Gasteiger partial charge in [0.15, 0.2) is 0 Å². The smallest absolute Gasteiger partial charge is 0.253 e. The first-order chi connectivity index (χ1) is 6.57. The third kappa shape index (κ3) is 2.69. The molecule has 1 saturated heterocycles. The number of carbonyl (C=O) groups is 1.